The molecule has 0 saturated heterocycles. The second-order valence-electron chi connectivity index (χ2n) is 6.94. The van der Waals surface area contributed by atoms with Crippen LogP contribution in [0.5, 0.6) is 0 Å². The minimum Gasteiger partial charge on any atom is -0.237 e. The quantitative estimate of drug-likeness (QED) is 0.723. The highest BCUT2D eigenvalue weighted by Gasteiger charge is 2.21. The molecule has 0 aliphatic rings. The van der Waals surface area contributed by atoms with Crippen molar-refractivity contribution < 1.29 is 4.39 Å². The molecule has 0 spiro atoms. The summed E-state index contributed by atoms with van der Waals surface area (Å²) in [6.07, 6.45) is 0.823. The molecule has 0 atom stereocenters. The van der Waals surface area contributed by atoms with Crippen molar-refractivity contribution in [2.45, 2.75) is 72.6 Å². The van der Waals surface area contributed by atoms with Gasteiger partial charge in [-0.2, -0.15) is 0 Å². The molecule has 1 aromatic heterocycles. The van der Waals surface area contributed by atoms with E-state index in [0.29, 0.717) is 5.52 Å². The van der Waals surface area contributed by atoms with Crippen molar-refractivity contribution in [1.82, 2.24) is 9.97 Å². The minimum absolute atomic E-state index is 0.152. The van der Waals surface area contributed by atoms with Crippen molar-refractivity contribution in [2.75, 3.05) is 0 Å². The van der Waals surface area contributed by atoms with E-state index in [1.807, 2.05) is 27.7 Å². The zero-order valence-corrected chi connectivity index (χ0v) is 14.8. The normalized spacial score (nSPS) is 12.1. The molecule has 0 saturated carbocycles. The number of hydrogen-bond donors (Lipinski definition) is 0. The lowest BCUT2D eigenvalue weighted by molar-refractivity contribution is 0.600. The lowest BCUT2D eigenvalue weighted by atomic mass is 9.91. The zero-order chi connectivity index (χ0) is 16.6. The molecule has 120 valence electrons. The van der Waals surface area contributed by atoms with E-state index >= 15 is 4.39 Å². The monoisotopic (exact) mass is 302 g/mol. The van der Waals surface area contributed by atoms with Gasteiger partial charge in [-0.05, 0) is 35.4 Å². The zero-order valence-electron chi connectivity index (χ0n) is 14.8. The van der Waals surface area contributed by atoms with Crippen LogP contribution in [0, 0.1) is 5.82 Å². The Morgan fingerprint density at radius 1 is 0.955 bits per heavy atom. The lowest BCUT2D eigenvalue weighted by Gasteiger charge is -2.19. The molecule has 1 aromatic carbocycles. The van der Waals surface area contributed by atoms with E-state index < -0.39 is 0 Å². The molecular weight excluding hydrogens is 275 g/mol. The summed E-state index contributed by atoms with van der Waals surface area (Å²) in [5.74, 6) is 1.16. The van der Waals surface area contributed by atoms with Crippen LogP contribution >= 0.6 is 0 Å². The van der Waals surface area contributed by atoms with Crippen LogP contribution in [0.1, 0.15) is 88.9 Å². The van der Waals surface area contributed by atoms with Gasteiger partial charge in [-0.25, -0.2) is 14.4 Å². The number of benzene rings is 1. The van der Waals surface area contributed by atoms with Gasteiger partial charge < -0.3 is 0 Å². The van der Waals surface area contributed by atoms with Gasteiger partial charge in [-0.1, -0.05) is 48.5 Å². The Balaban J connectivity index is 2.93. The van der Waals surface area contributed by atoms with Gasteiger partial charge in [0, 0.05) is 11.3 Å². The van der Waals surface area contributed by atoms with Crippen molar-refractivity contribution in [1.29, 1.82) is 0 Å². The summed E-state index contributed by atoms with van der Waals surface area (Å²) in [6.45, 7) is 14.5. The second kappa shape index (κ2) is 6.31. The second-order valence-corrected chi connectivity index (χ2v) is 6.94. The highest BCUT2D eigenvalue weighted by Crippen LogP contribution is 2.33. The van der Waals surface area contributed by atoms with Crippen LogP contribution in [0.3, 0.4) is 0 Å². The van der Waals surface area contributed by atoms with Crippen molar-refractivity contribution in [3.8, 4) is 0 Å². The third-order valence-electron chi connectivity index (χ3n) is 4.12. The van der Waals surface area contributed by atoms with Gasteiger partial charge in [-0.3, -0.25) is 0 Å². The Kier molecular flexibility index (Phi) is 4.84. The first-order chi connectivity index (χ1) is 10.3. The minimum atomic E-state index is -0.157. The van der Waals surface area contributed by atoms with Gasteiger partial charge in [-0.15, -0.1) is 0 Å². The van der Waals surface area contributed by atoms with Crippen molar-refractivity contribution in [3.05, 3.63) is 34.5 Å². The van der Waals surface area contributed by atoms with Gasteiger partial charge in [0.1, 0.15) is 11.3 Å². The van der Waals surface area contributed by atoms with Gasteiger partial charge in [0.2, 0.25) is 0 Å². The summed E-state index contributed by atoms with van der Waals surface area (Å²) in [5.41, 5.74) is 3.32. The molecule has 2 aromatic rings. The molecule has 0 radical (unpaired) electrons. The fraction of sp³-hybridized carbons (Fsp3) is 0.579. The molecule has 0 amide bonds. The van der Waals surface area contributed by atoms with E-state index in [9.17, 15) is 0 Å². The van der Waals surface area contributed by atoms with Crippen LogP contribution < -0.4 is 0 Å². The molecule has 0 aliphatic carbocycles. The number of fused-ring (bicyclic) bond motifs is 1. The number of aromatic nitrogens is 2. The average Bonchev–Trinajstić information content (AvgIpc) is 2.45. The summed E-state index contributed by atoms with van der Waals surface area (Å²) in [5, 5.41) is 0.873. The molecule has 22 heavy (non-hydrogen) atoms. The number of nitrogens with zero attached hydrogens (tertiary/aromatic N) is 2. The first kappa shape index (κ1) is 16.9. The van der Waals surface area contributed by atoms with E-state index in [4.69, 9.17) is 4.98 Å². The van der Waals surface area contributed by atoms with Gasteiger partial charge in [0.05, 0.1) is 5.69 Å². The molecule has 2 nitrogen and oxygen atoms in total. The van der Waals surface area contributed by atoms with Crippen molar-refractivity contribution >= 4 is 10.9 Å². The smallest absolute Gasteiger partial charge is 0.153 e. The molecule has 0 aliphatic heterocycles. The van der Waals surface area contributed by atoms with Crippen LogP contribution in [0.15, 0.2) is 6.07 Å². The SMILES string of the molecule is CCc1cc2c(C(C)C)nc(C(C)C)nc2c(F)c1C(C)C. The Labute approximate surface area is 133 Å². The lowest BCUT2D eigenvalue weighted by Crippen LogP contribution is -2.09. The maximum atomic E-state index is 15.2. The number of aryl methyl sites for hydroxylation is 1. The number of halogens is 1. The van der Waals surface area contributed by atoms with E-state index in [2.05, 4.69) is 31.8 Å². The molecule has 2 rings (SSSR count). The predicted molar refractivity (Wildman–Crippen MR) is 91.1 cm³/mol. The summed E-state index contributed by atoms with van der Waals surface area (Å²) in [4.78, 5) is 9.26. The van der Waals surface area contributed by atoms with E-state index in [1.54, 1.807) is 0 Å². The van der Waals surface area contributed by atoms with Gasteiger partial charge in [0.25, 0.3) is 0 Å². The summed E-state index contributed by atoms with van der Waals surface area (Å²) < 4.78 is 15.2. The largest absolute Gasteiger partial charge is 0.237 e. The summed E-state index contributed by atoms with van der Waals surface area (Å²) in [6, 6.07) is 2.10. The summed E-state index contributed by atoms with van der Waals surface area (Å²) in [7, 11) is 0. The maximum Gasteiger partial charge on any atom is 0.153 e. The maximum absolute atomic E-state index is 15.2. The first-order valence-corrected chi connectivity index (χ1v) is 8.30. The Morgan fingerprint density at radius 3 is 2.05 bits per heavy atom. The fourth-order valence-corrected chi connectivity index (χ4v) is 2.95. The third kappa shape index (κ3) is 2.86. The molecular formula is C19H27FN2. The molecule has 0 N–H and O–H groups in total. The van der Waals surface area contributed by atoms with E-state index in [0.717, 1.165) is 34.5 Å². The fourth-order valence-electron chi connectivity index (χ4n) is 2.95. The molecule has 3 heteroatoms. The highest BCUT2D eigenvalue weighted by atomic mass is 19.1. The molecule has 0 unspecified atom stereocenters. The Hall–Kier alpha value is -1.51. The van der Waals surface area contributed by atoms with Crippen LogP contribution in [-0.4, -0.2) is 9.97 Å². The first-order valence-electron chi connectivity index (χ1n) is 8.30. The average molecular weight is 302 g/mol. The summed E-state index contributed by atoms with van der Waals surface area (Å²) >= 11 is 0. The highest BCUT2D eigenvalue weighted by molar-refractivity contribution is 5.84. The van der Waals surface area contributed by atoms with E-state index in [1.165, 1.54) is 0 Å². The van der Waals surface area contributed by atoms with Crippen molar-refractivity contribution in [2.24, 2.45) is 0 Å². The van der Waals surface area contributed by atoms with Crippen molar-refractivity contribution in [3.63, 3.8) is 0 Å². The van der Waals surface area contributed by atoms with Crippen LogP contribution in [0.2, 0.25) is 0 Å². The Bertz CT molecular complexity index is 688. The number of rotatable bonds is 4. The number of hydrogen-bond acceptors (Lipinski definition) is 2. The van der Waals surface area contributed by atoms with Crippen LogP contribution in [0.4, 0.5) is 4.39 Å². The van der Waals surface area contributed by atoms with Gasteiger partial charge in [0.15, 0.2) is 5.82 Å². The topological polar surface area (TPSA) is 25.8 Å². The third-order valence-corrected chi connectivity index (χ3v) is 4.12. The Morgan fingerprint density at radius 2 is 1.59 bits per heavy atom. The van der Waals surface area contributed by atoms with Crippen LogP contribution in [0.25, 0.3) is 10.9 Å². The predicted octanol–water partition coefficient (Wildman–Crippen LogP) is 5.70. The molecule has 0 bridgehead atoms. The van der Waals surface area contributed by atoms with Crippen LogP contribution in [-0.2, 0) is 6.42 Å². The standard InChI is InChI=1S/C19H27FN2/c1-8-13-9-14-17(11(4)5)21-19(12(6)7)22-18(14)16(20)15(13)10(2)3/h9-12H,8H2,1-7H3. The van der Waals surface area contributed by atoms with E-state index in [-0.39, 0.29) is 23.6 Å². The van der Waals surface area contributed by atoms with Gasteiger partial charge >= 0.3 is 0 Å². The molecule has 1 heterocycles. The molecule has 0 fully saturated rings.